The molecule has 7 nitrogen and oxygen atoms in total. The van der Waals surface area contributed by atoms with Crippen molar-refractivity contribution in [3.63, 3.8) is 0 Å². The molecule has 4 rings (SSSR count). The number of nitrogens with one attached hydrogen (secondary N) is 2. The van der Waals surface area contributed by atoms with E-state index >= 15 is 0 Å². The molecule has 1 atom stereocenters. The highest BCUT2D eigenvalue weighted by Gasteiger charge is 2.17. The number of hydrogen-bond acceptors (Lipinski definition) is 4. The van der Waals surface area contributed by atoms with Gasteiger partial charge in [-0.1, -0.05) is 41.9 Å². The summed E-state index contributed by atoms with van der Waals surface area (Å²) in [6.07, 6.45) is 0. The minimum atomic E-state index is -0.505. The fraction of sp³-hybridized carbons (Fsp3) is 0.0870. The molecule has 4 aromatic rings. The summed E-state index contributed by atoms with van der Waals surface area (Å²) in [6, 6.07) is 20.2. The van der Waals surface area contributed by atoms with Gasteiger partial charge in [-0.05, 0) is 49.4 Å². The van der Waals surface area contributed by atoms with Crippen molar-refractivity contribution in [2.24, 2.45) is 5.73 Å². The molecular weight excluding hydrogens is 414 g/mol. The molecule has 156 valence electrons. The quantitative estimate of drug-likeness (QED) is 0.434. The molecule has 0 aliphatic carbocycles. The Morgan fingerprint density at radius 1 is 1.00 bits per heavy atom. The van der Waals surface area contributed by atoms with Crippen molar-refractivity contribution in [1.29, 1.82) is 0 Å². The average molecular weight is 434 g/mol. The van der Waals surface area contributed by atoms with Gasteiger partial charge < -0.3 is 16.4 Å². The van der Waals surface area contributed by atoms with Crippen molar-refractivity contribution in [3.05, 3.63) is 94.0 Å². The van der Waals surface area contributed by atoms with Crippen LogP contribution in [0.25, 0.3) is 16.6 Å². The Morgan fingerprint density at radius 2 is 1.68 bits per heavy atom. The number of para-hydroxylation sites is 1. The number of hydrogen-bond donors (Lipinski definition) is 3. The number of urea groups is 1. The molecule has 8 heteroatoms. The van der Waals surface area contributed by atoms with Gasteiger partial charge in [-0.2, -0.15) is 0 Å². The Morgan fingerprint density at radius 3 is 2.42 bits per heavy atom. The molecule has 0 bridgehead atoms. The first kappa shape index (κ1) is 20.6. The molecule has 2 amide bonds. The van der Waals surface area contributed by atoms with Crippen LogP contribution in [0.3, 0.4) is 0 Å². The zero-order valence-corrected chi connectivity index (χ0v) is 17.4. The highest BCUT2D eigenvalue weighted by molar-refractivity contribution is 6.35. The maximum atomic E-state index is 13.3. The van der Waals surface area contributed by atoms with E-state index in [-0.39, 0.29) is 5.56 Å². The highest BCUT2D eigenvalue weighted by atomic mass is 35.5. The maximum absolute atomic E-state index is 13.3. The van der Waals surface area contributed by atoms with Gasteiger partial charge in [-0.15, -0.1) is 0 Å². The summed E-state index contributed by atoms with van der Waals surface area (Å²) in [6.45, 7) is 1.75. The summed E-state index contributed by atoms with van der Waals surface area (Å²) in [4.78, 5) is 30.3. The summed E-state index contributed by atoms with van der Waals surface area (Å²) in [7, 11) is 0. The summed E-state index contributed by atoms with van der Waals surface area (Å²) < 4.78 is 1.43. The van der Waals surface area contributed by atoms with Gasteiger partial charge in [0.15, 0.2) is 0 Å². The number of aromatic nitrogens is 2. The van der Waals surface area contributed by atoms with E-state index in [1.165, 1.54) is 4.57 Å². The predicted molar refractivity (Wildman–Crippen MR) is 124 cm³/mol. The van der Waals surface area contributed by atoms with E-state index in [9.17, 15) is 9.59 Å². The van der Waals surface area contributed by atoms with E-state index in [1.54, 1.807) is 61.5 Å². The second-order valence-electron chi connectivity index (χ2n) is 7.03. The number of benzene rings is 3. The third-order valence-corrected chi connectivity index (χ3v) is 4.99. The summed E-state index contributed by atoms with van der Waals surface area (Å²) >= 11 is 6.28. The fourth-order valence-corrected chi connectivity index (χ4v) is 3.55. The van der Waals surface area contributed by atoms with Crippen LogP contribution in [0.4, 0.5) is 16.2 Å². The van der Waals surface area contributed by atoms with Gasteiger partial charge >= 0.3 is 6.03 Å². The van der Waals surface area contributed by atoms with Crippen LogP contribution in [0.1, 0.15) is 18.8 Å². The lowest BCUT2D eigenvalue weighted by Gasteiger charge is -2.17. The summed E-state index contributed by atoms with van der Waals surface area (Å²) in [5.74, 6) is 0.394. The Balaban J connectivity index is 1.74. The largest absolute Gasteiger partial charge is 0.323 e. The van der Waals surface area contributed by atoms with Crippen LogP contribution in [-0.2, 0) is 0 Å². The third kappa shape index (κ3) is 4.28. The Bertz CT molecular complexity index is 1320. The minimum absolute atomic E-state index is 0.314. The molecule has 0 unspecified atom stereocenters. The van der Waals surface area contributed by atoms with Gasteiger partial charge in [0.2, 0.25) is 0 Å². The van der Waals surface area contributed by atoms with Crippen molar-refractivity contribution in [3.8, 4) is 5.69 Å². The van der Waals surface area contributed by atoms with Crippen LogP contribution in [0.2, 0.25) is 5.02 Å². The van der Waals surface area contributed by atoms with Gasteiger partial charge in [0.1, 0.15) is 5.82 Å². The zero-order chi connectivity index (χ0) is 22.0. The van der Waals surface area contributed by atoms with Crippen LogP contribution < -0.4 is 21.9 Å². The molecule has 0 saturated carbocycles. The van der Waals surface area contributed by atoms with E-state index in [4.69, 9.17) is 17.3 Å². The van der Waals surface area contributed by atoms with Gasteiger partial charge in [0.05, 0.1) is 27.7 Å². The number of anilines is 2. The summed E-state index contributed by atoms with van der Waals surface area (Å²) in [5, 5.41) is 6.16. The number of carbonyl (C=O) groups is 1. The SMILES string of the molecule is C[C@H](N)c1nc2cccc(Cl)c2c(=O)n1-c1cccc(NC(=O)Nc2ccccc2)c1. The molecule has 0 aliphatic rings. The van der Waals surface area contributed by atoms with Gasteiger partial charge in [-0.25, -0.2) is 9.78 Å². The molecule has 1 heterocycles. The van der Waals surface area contributed by atoms with Gasteiger partial charge in [0, 0.05) is 11.4 Å². The molecule has 0 spiro atoms. The first-order valence-electron chi connectivity index (χ1n) is 9.64. The number of fused-ring (bicyclic) bond motifs is 1. The zero-order valence-electron chi connectivity index (χ0n) is 16.7. The van der Waals surface area contributed by atoms with Crippen LogP contribution in [0.15, 0.2) is 77.6 Å². The van der Waals surface area contributed by atoms with Crippen LogP contribution in [-0.4, -0.2) is 15.6 Å². The maximum Gasteiger partial charge on any atom is 0.323 e. The highest BCUT2D eigenvalue weighted by Crippen LogP contribution is 2.23. The van der Waals surface area contributed by atoms with Crippen LogP contribution in [0.5, 0.6) is 0 Å². The molecule has 0 aliphatic heterocycles. The lowest BCUT2D eigenvalue weighted by atomic mass is 10.2. The standard InChI is InChI=1S/C23H20ClN5O2/c1-14(25)21-28-19-12-6-11-18(24)20(19)22(30)29(21)17-10-5-9-16(13-17)27-23(31)26-15-7-3-2-4-8-15/h2-14H,25H2,1H3,(H2,26,27,31)/t14-/m0/s1. The number of halogens is 1. The first-order chi connectivity index (χ1) is 14.9. The normalized spacial score (nSPS) is 11.8. The Labute approximate surface area is 183 Å². The number of nitrogens with zero attached hydrogens (tertiary/aromatic N) is 2. The fourth-order valence-electron chi connectivity index (χ4n) is 3.30. The monoisotopic (exact) mass is 433 g/mol. The number of amides is 2. The lowest BCUT2D eigenvalue weighted by molar-refractivity contribution is 0.262. The topological polar surface area (TPSA) is 102 Å². The number of carbonyl (C=O) groups excluding carboxylic acids is 1. The van der Waals surface area contributed by atoms with Crippen LogP contribution in [0, 0.1) is 0 Å². The number of rotatable bonds is 4. The second-order valence-corrected chi connectivity index (χ2v) is 7.44. The first-order valence-corrected chi connectivity index (χ1v) is 10.0. The molecule has 0 radical (unpaired) electrons. The lowest BCUT2D eigenvalue weighted by Crippen LogP contribution is -2.28. The van der Waals surface area contributed by atoms with E-state index in [0.29, 0.717) is 38.8 Å². The average Bonchev–Trinajstić information content (AvgIpc) is 2.74. The Hall–Kier alpha value is -3.68. The molecule has 4 N–H and O–H groups in total. The van der Waals surface area contributed by atoms with Crippen molar-refractivity contribution >= 4 is 39.9 Å². The second kappa shape index (κ2) is 8.59. The predicted octanol–water partition coefficient (Wildman–Crippen LogP) is 4.70. The third-order valence-electron chi connectivity index (χ3n) is 4.67. The minimum Gasteiger partial charge on any atom is -0.322 e. The molecule has 31 heavy (non-hydrogen) atoms. The summed E-state index contributed by atoms with van der Waals surface area (Å²) in [5.41, 5.74) is 7.97. The smallest absolute Gasteiger partial charge is 0.322 e. The van der Waals surface area contributed by atoms with Gasteiger partial charge in [0.25, 0.3) is 5.56 Å². The van der Waals surface area contributed by atoms with Crippen molar-refractivity contribution in [1.82, 2.24) is 9.55 Å². The number of nitrogens with two attached hydrogens (primary N) is 1. The molecule has 1 aromatic heterocycles. The molecule has 3 aromatic carbocycles. The van der Waals surface area contributed by atoms with E-state index in [2.05, 4.69) is 15.6 Å². The molecule has 0 fully saturated rings. The van der Waals surface area contributed by atoms with Crippen molar-refractivity contribution in [2.45, 2.75) is 13.0 Å². The van der Waals surface area contributed by atoms with Crippen molar-refractivity contribution < 1.29 is 4.79 Å². The van der Waals surface area contributed by atoms with E-state index in [0.717, 1.165) is 0 Å². The van der Waals surface area contributed by atoms with Crippen LogP contribution >= 0.6 is 11.6 Å². The van der Waals surface area contributed by atoms with E-state index < -0.39 is 12.1 Å². The molecular formula is C23H20ClN5O2. The van der Waals surface area contributed by atoms with E-state index in [1.807, 2.05) is 18.2 Å². The Kier molecular flexibility index (Phi) is 5.70. The van der Waals surface area contributed by atoms with Gasteiger partial charge in [-0.3, -0.25) is 9.36 Å². The van der Waals surface area contributed by atoms with Crippen molar-refractivity contribution in [2.75, 3.05) is 10.6 Å². The molecule has 0 saturated heterocycles.